The molecule has 106 valence electrons. The van der Waals surface area contributed by atoms with E-state index in [-0.39, 0.29) is 17.4 Å². The van der Waals surface area contributed by atoms with E-state index < -0.39 is 0 Å². The van der Waals surface area contributed by atoms with Crippen LogP contribution in [0.4, 0.5) is 0 Å². The van der Waals surface area contributed by atoms with Crippen LogP contribution in [0.2, 0.25) is 0 Å². The third-order valence-corrected chi connectivity index (χ3v) is 4.15. The Morgan fingerprint density at radius 3 is 2.79 bits per heavy atom. The van der Waals surface area contributed by atoms with Crippen molar-refractivity contribution >= 4 is 5.91 Å². The number of hydrogen-bond acceptors (Lipinski definition) is 3. The van der Waals surface area contributed by atoms with Gasteiger partial charge in [0, 0.05) is 25.6 Å². The smallest absolute Gasteiger partial charge is 0.289 e. The Morgan fingerprint density at radius 1 is 1.58 bits per heavy atom. The molecule has 4 nitrogen and oxygen atoms in total. The van der Waals surface area contributed by atoms with Crippen molar-refractivity contribution in [1.29, 1.82) is 0 Å². The highest BCUT2D eigenvalue weighted by molar-refractivity contribution is 5.92. The lowest BCUT2D eigenvalue weighted by Gasteiger charge is -2.42. The van der Waals surface area contributed by atoms with Crippen LogP contribution in [0.25, 0.3) is 0 Å². The van der Waals surface area contributed by atoms with E-state index >= 15 is 0 Å². The van der Waals surface area contributed by atoms with Crippen LogP contribution in [0.1, 0.15) is 49.1 Å². The fourth-order valence-corrected chi connectivity index (χ4v) is 2.68. The van der Waals surface area contributed by atoms with Gasteiger partial charge in [-0.3, -0.25) is 4.79 Å². The number of aryl methyl sites for hydroxylation is 2. The topological polar surface area (TPSA) is 59.5 Å². The maximum atomic E-state index is 12.5. The molecule has 0 radical (unpaired) electrons. The fraction of sp³-hybridized carbons (Fsp3) is 0.667. The molecule has 1 atom stereocenters. The zero-order valence-electron chi connectivity index (χ0n) is 12.3. The SMILES string of the molecule is CCc1oc(C(=O)N2CCC(N)C(C)(C)C2)cc1C. The number of rotatable bonds is 2. The van der Waals surface area contributed by atoms with Gasteiger partial charge in [0.15, 0.2) is 5.76 Å². The summed E-state index contributed by atoms with van der Waals surface area (Å²) in [5, 5.41) is 0. The summed E-state index contributed by atoms with van der Waals surface area (Å²) in [7, 11) is 0. The lowest BCUT2D eigenvalue weighted by molar-refractivity contribution is 0.0502. The number of piperidine rings is 1. The summed E-state index contributed by atoms with van der Waals surface area (Å²) in [6.07, 6.45) is 1.66. The summed E-state index contributed by atoms with van der Waals surface area (Å²) in [6.45, 7) is 9.64. The first-order chi connectivity index (χ1) is 8.85. The van der Waals surface area contributed by atoms with Crippen LogP contribution in [0, 0.1) is 12.3 Å². The molecule has 4 heteroatoms. The van der Waals surface area contributed by atoms with E-state index in [0.717, 1.165) is 24.2 Å². The number of likely N-dealkylation sites (tertiary alicyclic amines) is 1. The van der Waals surface area contributed by atoms with Gasteiger partial charge in [-0.05, 0) is 30.4 Å². The maximum Gasteiger partial charge on any atom is 0.289 e. The maximum absolute atomic E-state index is 12.5. The monoisotopic (exact) mass is 264 g/mol. The third kappa shape index (κ3) is 2.68. The van der Waals surface area contributed by atoms with Crippen LogP contribution < -0.4 is 5.73 Å². The molecule has 1 aromatic rings. The molecule has 1 saturated heterocycles. The van der Waals surface area contributed by atoms with E-state index in [1.165, 1.54) is 0 Å². The van der Waals surface area contributed by atoms with Gasteiger partial charge < -0.3 is 15.1 Å². The third-order valence-electron chi connectivity index (χ3n) is 4.15. The molecule has 1 aliphatic heterocycles. The second kappa shape index (κ2) is 5.00. The first-order valence-corrected chi connectivity index (χ1v) is 6.99. The van der Waals surface area contributed by atoms with Gasteiger partial charge in [-0.25, -0.2) is 0 Å². The molecule has 0 spiro atoms. The summed E-state index contributed by atoms with van der Waals surface area (Å²) in [6, 6.07) is 2.00. The van der Waals surface area contributed by atoms with Gasteiger partial charge >= 0.3 is 0 Å². The number of amides is 1. The zero-order valence-corrected chi connectivity index (χ0v) is 12.3. The van der Waals surface area contributed by atoms with E-state index in [0.29, 0.717) is 18.8 Å². The van der Waals surface area contributed by atoms with Crippen LogP contribution in [0.3, 0.4) is 0 Å². The second-order valence-corrected chi connectivity index (χ2v) is 6.18. The molecule has 0 bridgehead atoms. The molecule has 19 heavy (non-hydrogen) atoms. The van der Waals surface area contributed by atoms with E-state index in [9.17, 15) is 4.79 Å². The van der Waals surface area contributed by atoms with Gasteiger partial charge in [-0.2, -0.15) is 0 Å². The van der Waals surface area contributed by atoms with Gasteiger partial charge in [0.05, 0.1) is 0 Å². The summed E-state index contributed by atoms with van der Waals surface area (Å²) in [5.41, 5.74) is 7.12. The molecule has 0 aliphatic carbocycles. The molecular weight excluding hydrogens is 240 g/mol. The van der Waals surface area contributed by atoms with Gasteiger partial charge in [0.2, 0.25) is 0 Å². The average molecular weight is 264 g/mol. The lowest BCUT2D eigenvalue weighted by atomic mass is 9.79. The van der Waals surface area contributed by atoms with E-state index in [1.54, 1.807) is 0 Å². The number of carbonyl (C=O) groups excluding carboxylic acids is 1. The number of hydrogen-bond donors (Lipinski definition) is 1. The van der Waals surface area contributed by atoms with Gasteiger partial charge in [-0.15, -0.1) is 0 Å². The van der Waals surface area contributed by atoms with E-state index in [1.807, 2.05) is 24.8 Å². The first kappa shape index (κ1) is 14.1. The normalized spacial score (nSPS) is 22.6. The van der Waals surface area contributed by atoms with Crippen LogP contribution in [-0.2, 0) is 6.42 Å². The summed E-state index contributed by atoms with van der Waals surface area (Å²) in [4.78, 5) is 14.3. The minimum Gasteiger partial charge on any atom is -0.456 e. The molecule has 1 fully saturated rings. The van der Waals surface area contributed by atoms with Gasteiger partial charge in [0.25, 0.3) is 5.91 Å². The molecule has 2 heterocycles. The second-order valence-electron chi connectivity index (χ2n) is 6.18. The van der Waals surface area contributed by atoms with Crippen LogP contribution in [0.5, 0.6) is 0 Å². The number of furan rings is 1. The highest BCUT2D eigenvalue weighted by Gasteiger charge is 2.36. The van der Waals surface area contributed by atoms with Crippen LogP contribution in [-0.4, -0.2) is 29.9 Å². The van der Waals surface area contributed by atoms with Crippen molar-refractivity contribution in [2.24, 2.45) is 11.1 Å². The van der Waals surface area contributed by atoms with Crippen molar-refractivity contribution < 1.29 is 9.21 Å². The Balaban J connectivity index is 2.15. The number of carbonyl (C=O) groups is 1. The Bertz CT molecular complexity index is 476. The Morgan fingerprint density at radius 2 is 2.26 bits per heavy atom. The minimum atomic E-state index is -0.0386. The van der Waals surface area contributed by atoms with Gasteiger partial charge in [-0.1, -0.05) is 20.8 Å². The van der Waals surface area contributed by atoms with Crippen LogP contribution >= 0.6 is 0 Å². The molecule has 2 rings (SSSR count). The van der Waals surface area contributed by atoms with Crippen molar-refractivity contribution in [3.05, 3.63) is 23.2 Å². The predicted molar refractivity (Wildman–Crippen MR) is 75.1 cm³/mol. The molecular formula is C15H24N2O2. The van der Waals surface area contributed by atoms with Crippen molar-refractivity contribution in [1.82, 2.24) is 4.90 Å². The van der Waals surface area contributed by atoms with E-state index in [4.69, 9.17) is 10.2 Å². The van der Waals surface area contributed by atoms with Crippen molar-refractivity contribution in [2.75, 3.05) is 13.1 Å². The van der Waals surface area contributed by atoms with Crippen molar-refractivity contribution in [3.63, 3.8) is 0 Å². The number of nitrogens with zero attached hydrogens (tertiary/aromatic N) is 1. The van der Waals surface area contributed by atoms with E-state index in [2.05, 4.69) is 13.8 Å². The lowest BCUT2D eigenvalue weighted by Crippen LogP contribution is -2.53. The largest absolute Gasteiger partial charge is 0.456 e. The number of nitrogens with two attached hydrogens (primary N) is 1. The fourth-order valence-electron chi connectivity index (χ4n) is 2.68. The molecule has 1 aliphatic rings. The standard InChI is InChI=1S/C15H24N2O2/c1-5-11-10(2)8-12(19-11)14(18)17-7-6-13(16)15(3,4)9-17/h8,13H,5-7,9,16H2,1-4H3. The first-order valence-electron chi connectivity index (χ1n) is 6.99. The molecule has 0 aromatic carbocycles. The predicted octanol–water partition coefficient (Wildman–Crippen LogP) is 2.35. The molecule has 2 N–H and O–H groups in total. The summed E-state index contributed by atoms with van der Waals surface area (Å²) in [5.74, 6) is 1.35. The molecule has 1 amide bonds. The molecule has 0 saturated carbocycles. The Hall–Kier alpha value is -1.29. The molecule has 1 unspecified atom stereocenters. The molecule has 1 aromatic heterocycles. The van der Waals surface area contributed by atoms with Crippen LogP contribution in [0.15, 0.2) is 10.5 Å². The quantitative estimate of drug-likeness (QED) is 0.892. The minimum absolute atomic E-state index is 0.0113. The van der Waals surface area contributed by atoms with Crippen molar-refractivity contribution in [3.8, 4) is 0 Å². The van der Waals surface area contributed by atoms with Gasteiger partial charge in [0.1, 0.15) is 5.76 Å². The zero-order chi connectivity index (χ0) is 14.2. The summed E-state index contributed by atoms with van der Waals surface area (Å²) < 4.78 is 5.65. The summed E-state index contributed by atoms with van der Waals surface area (Å²) >= 11 is 0. The van der Waals surface area contributed by atoms with Crippen molar-refractivity contribution in [2.45, 2.75) is 46.6 Å². The highest BCUT2D eigenvalue weighted by atomic mass is 16.4. The Kier molecular flexibility index (Phi) is 3.72. The average Bonchev–Trinajstić information content (AvgIpc) is 2.73. The highest BCUT2D eigenvalue weighted by Crippen LogP contribution is 2.29. The Labute approximate surface area is 114 Å².